The van der Waals surface area contributed by atoms with Gasteiger partial charge in [-0.15, -0.1) is 0 Å². The first kappa shape index (κ1) is 10.7. The summed E-state index contributed by atoms with van der Waals surface area (Å²) in [6.07, 6.45) is 2.08. The highest BCUT2D eigenvalue weighted by Gasteiger charge is 2.19. The van der Waals surface area contributed by atoms with Crippen LogP contribution in [-0.4, -0.2) is 30.5 Å². The maximum atomic E-state index is 11.3. The van der Waals surface area contributed by atoms with E-state index in [0.29, 0.717) is 0 Å². The first-order valence-corrected chi connectivity index (χ1v) is 5.21. The van der Waals surface area contributed by atoms with Gasteiger partial charge in [0, 0.05) is 24.8 Å². The van der Waals surface area contributed by atoms with Crippen molar-refractivity contribution in [3.8, 4) is 0 Å². The van der Waals surface area contributed by atoms with Gasteiger partial charge in [0.05, 0.1) is 0 Å². The second-order valence-electron chi connectivity index (χ2n) is 4.00. The molecule has 0 radical (unpaired) electrons. The largest absolute Gasteiger partial charge is 0.475 e. The minimum atomic E-state index is -1.40. The molecule has 0 bridgehead atoms. The zero-order chi connectivity index (χ0) is 11.7. The van der Waals surface area contributed by atoms with Crippen molar-refractivity contribution in [3.63, 3.8) is 0 Å². The molecule has 2 rings (SSSR count). The molecule has 0 aromatic heterocycles. The van der Waals surface area contributed by atoms with Gasteiger partial charge in [0.25, 0.3) is 5.78 Å². The van der Waals surface area contributed by atoms with E-state index >= 15 is 0 Å². The Kier molecular flexibility index (Phi) is 2.64. The van der Waals surface area contributed by atoms with Gasteiger partial charge in [0.2, 0.25) is 0 Å². The number of fused-ring (bicyclic) bond motifs is 1. The molecule has 0 unspecified atom stereocenters. The number of aliphatic carboxylic acids is 1. The van der Waals surface area contributed by atoms with Crippen LogP contribution in [0.1, 0.15) is 22.3 Å². The molecule has 84 valence electrons. The predicted molar refractivity (Wildman–Crippen MR) is 60.0 cm³/mol. The molecule has 1 N–H and O–H groups in total. The maximum Gasteiger partial charge on any atom is 0.377 e. The van der Waals surface area contributed by atoms with E-state index in [0.717, 1.165) is 25.1 Å². The first-order chi connectivity index (χ1) is 7.59. The molecular formula is C12H13NO3. The van der Waals surface area contributed by atoms with Crippen molar-refractivity contribution in [1.82, 2.24) is 0 Å². The van der Waals surface area contributed by atoms with Crippen LogP contribution in [0.5, 0.6) is 0 Å². The quantitative estimate of drug-likeness (QED) is 0.602. The number of hydrogen-bond acceptors (Lipinski definition) is 3. The lowest BCUT2D eigenvalue weighted by Crippen LogP contribution is -2.25. The number of carbonyl (C=O) groups excluding carboxylic acids is 1. The third kappa shape index (κ3) is 1.78. The highest BCUT2D eigenvalue weighted by molar-refractivity contribution is 6.40. The van der Waals surface area contributed by atoms with Gasteiger partial charge in [0.1, 0.15) is 0 Å². The van der Waals surface area contributed by atoms with Crippen LogP contribution >= 0.6 is 0 Å². The molecule has 1 aromatic carbocycles. The second kappa shape index (κ2) is 3.96. The zero-order valence-electron chi connectivity index (χ0n) is 9.06. The average Bonchev–Trinajstić information content (AvgIpc) is 2.28. The third-order valence-electron chi connectivity index (χ3n) is 2.89. The van der Waals surface area contributed by atoms with E-state index < -0.39 is 11.8 Å². The summed E-state index contributed by atoms with van der Waals surface area (Å²) in [5.74, 6) is -2.25. The van der Waals surface area contributed by atoms with Crippen LogP contribution in [0.25, 0.3) is 0 Å². The standard InChI is InChI=1S/C12H13NO3/c1-13-6-2-3-8-4-5-9(7-10(8)13)11(14)12(15)16/h4-5,7H,2-3,6H2,1H3,(H,15,16). The number of ketones is 1. The minimum absolute atomic E-state index is 0.250. The molecule has 4 nitrogen and oxygen atoms in total. The van der Waals surface area contributed by atoms with Gasteiger partial charge in [-0.2, -0.15) is 0 Å². The maximum absolute atomic E-state index is 11.3. The number of carbonyl (C=O) groups is 2. The third-order valence-corrected chi connectivity index (χ3v) is 2.89. The molecule has 0 aliphatic carbocycles. The molecule has 0 amide bonds. The number of nitrogens with zero attached hydrogens (tertiary/aromatic N) is 1. The molecule has 1 aromatic rings. The van der Waals surface area contributed by atoms with E-state index in [1.165, 1.54) is 5.56 Å². The predicted octanol–water partition coefficient (Wildman–Crippen LogP) is 1.34. The Labute approximate surface area is 93.5 Å². The smallest absolute Gasteiger partial charge is 0.377 e. The Morgan fingerprint density at radius 2 is 2.12 bits per heavy atom. The highest BCUT2D eigenvalue weighted by atomic mass is 16.4. The fourth-order valence-electron chi connectivity index (χ4n) is 2.02. The zero-order valence-corrected chi connectivity index (χ0v) is 9.06. The summed E-state index contributed by atoms with van der Waals surface area (Å²) in [6, 6.07) is 5.11. The molecule has 0 spiro atoms. The van der Waals surface area contributed by atoms with Crippen LogP contribution in [0.4, 0.5) is 5.69 Å². The van der Waals surface area contributed by atoms with E-state index in [9.17, 15) is 9.59 Å². The SMILES string of the molecule is CN1CCCc2ccc(C(=O)C(=O)O)cc21. The lowest BCUT2D eigenvalue weighted by Gasteiger charge is -2.27. The second-order valence-corrected chi connectivity index (χ2v) is 4.00. The summed E-state index contributed by atoms with van der Waals surface area (Å²) < 4.78 is 0. The number of Topliss-reactive ketones (excluding diaryl/α,β-unsaturated/α-hetero) is 1. The fourth-order valence-corrected chi connectivity index (χ4v) is 2.02. The van der Waals surface area contributed by atoms with Crippen LogP contribution in [0, 0.1) is 0 Å². The van der Waals surface area contributed by atoms with Crippen molar-refractivity contribution >= 4 is 17.4 Å². The average molecular weight is 219 g/mol. The van der Waals surface area contributed by atoms with Gasteiger partial charge in [-0.3, -0.25) is 4.79 Å². The van der Waals surface area contributed by atoms with Crippen LogP contribution in [0.2, 0.25) is 0 Å². The molecule has 0 saturated heterocycles. The molecule has 4 heteroatoms. The summed E-state index contributed by atoms with van der Waals surface area (Å²) in [7, 11) is 1.95. The van der Waals surface area contributed by atoms with E-state index in [1.54, 1.807) is 12.1 Å². The molecule has 1 aliphatic rings. The van der Waals surface area contributed by atoms with Crippen LogP contribution in [0.3, 0.4) is 0 Å². The molecule has 0 fully saturated rings. The van der Waals surface area contributed by atoms with Crippen molar-refractivity contribution in [1.29, 1.82) is 0 Å². The fraction of sp³-hybridized carbons (Fsp3) is 0.333. The molecule has 0 atom stereocenters. The Morgan fingerprint density at radius 3 is 2.81 bits per heavy atom. The van der Waals surface area contributed by atoms with Gasteiger partial charge in [-0.25, -0.2) is 4.79 Å². The molecule has 1 aliphatic heterocycles. The Balaban J connectivity index is 2.41. The summed E-state index contributed by atoms with van der Waals surface area (Å²) >= 11 is 0. The van der Waals surface area contributed by atoms with Crippen molar-refractivity contribution in [2.45, 2.75) is 12.8 Å². The molecule has 0 saturated carbocycles. The molecule has 1 heterocycles. The molecular weight excluding hydrogens is 206 g/mol. The number of anilines is 1. The number of benzene rings is 1. The summed E-state index contributed by atoms with van der Waals surface area (Å²) in [5, 5.41) is 8.64. The van der Waals surface area contributed by atoms with E-state index in [2.05, 4.69) is 4.90 Å². The van der Waals surface area contributed by atoms with Crippen molar-refractivity contribution < 1.29 is 14.7 Å². The minimum Gasteiger partial charge on any atom is -0.475 e. The summed E-state index contributed by atoms with van der Waals surface area (Å²) in [6.45, 7) is 0.942. The summed E-state index contributed by atoms with van der Waals surface area (Å²) in [5.41, 5.74) is 2.40. The lowest BCUT2D eigenvalue weighted by atomic mass is 9.98. The van der Waals surface area contributed by atoms with E-state index in [-0.39, 0.29) is 5.56 Å². The van der Waals surface area contributed by atoms with E-state index in [4.69, 9.17) is 5.11 Å². The van der Waals surface area contributed by atoms with Crippen LogP contribution < -0.4 is 4.90 Å². The number of carboxylic acid groups (broad SMARTS) is 1. The molecule has 16 heavy (non-hydrogen) atoms. The van der Waals surface area contributed by atoms with Gasteiger partial charge in [-0.05, 0) is 24.5 Å². The Bertz CT molecular complexity index is 454. The van der Waals surface area contributed by atoms with Gasteiger partial charge < -0.3 is 10.0 Å². The normalized spacial score (nSPS) is 14.4. The topological polar surface area (TPSA) is 57.6 Å². The first-order valence-electron chi connectivity index (χ1n) is 5.21. The monoisotopic (exact) mass is 219 g/mol. The summed E-state index contributed by atoms with van der Waals surface area (Å²) in [4.78, 5) is 24.0. The van der Waals surface area contributed by atoms with Gasteiger partial charge >= 0.3 is 5.97 Å². The number of aryl methyl sites for hydroxylation is 1. The highest BCUT2D eigenvalue weighted by Crippen LogP contribution is 2.27. The number of rotatable bonds is 2. The van der Waals surface area contributed by atoms with Crippen molar-refractivity contribution in [2.24, 2.45) is 0 Å². The van der Waals surface area contributed by atoms with Crippen LogP contribution in [0.15, 0.2) is 18.2 Å². The van der Waals surface area contributed by atoms with E-state index in [1.807, 2.05) is 13.1 Å². The van der Waals surface area contributed by atoms with Gasteiger partial charge in [0.15, 0.2) is 0 Å². The Hall–Kier alpha value is -1.84. The number of hydrogen-bond donors (Lipinski definition) is 1. The van der Waals surface area contributed by atoms with Crippen LogP contribution in [-0.2, 0) is 11.2 Å². The number of carboxylic acids is 1. The Morgan fingerprint density at radius 1 is 1.38 bits per heavy atom. The van der Waals surface area contributed by atoms with Crippen molar-refractivity contribution in [2.75, 3.05) is 18.5 Å². The lowest BCUT2D eigenvalue weighted by molar-refractivity contribution is -0.131. The van der Waals surface area contributed by atoms with Crippen molar-refractivity contribution in [3.05, 3.63) is 29.3 Å². The van der Waals surface area contributed by atoms with Gasteiger partial charge in [-0.1, -0.05) is 12.1 Å².